The summed E-state index contributed by atoms with van der Waals surface area (Å²) in [4.78, 5) is 41.2. The first-order valence-corrected chi connectivity index (χ1v) is 10.3. The highest BCUT2D eigenvalue weighted by Gasteiger charge is 2.15. The molecule has 0 radical (unpaired) electrons. The Morgan fingerprint density at radius 3 is 2.61 bits per heavy atom. The molecule has 3 aromatic rings. The highest BCUT2D eigenvalue weighted by atomic mass is 32.1. The summed E-state index contributed by atoms with van der Waals surface area (Å²) in [6.07, 6.45) is 0.0811. The van der Waals surface area contributed by atoms with Gasteiger partial charge >= 0.3 is 11.9 Å². The predicted molar refractivity (Wildman–Crippen MR) is 115 cm³/mol. The first kappa shape index (κ1) is 22.2. The number of amides is 1. The molecule has 1 heterocycles. The molecule has 0 saturated carbocycles. The van der Waals surface area contributed by atoms with Gasteiger partial charge in [-0.1, -0.05) is 23.5 Å². The molecule has 9 heteroatoms. The lowest BCUT2D eigenvalue weighted by Gasteiger charge is -2.05. The van der Waals surface area contributed by atoms with Gasteiger partial charge in [-0.25, -0.2) is 4.79 Å². The number of carbonyl (C=O) groups excluding carboxylic acids is 3. The minimum atomic E-state index is -0.476. The number of hydrogen-bond acceptors (Lipinski definition) is 7. The van der Waals surface area contributed by atoms with E-state index in [1.54, 1.807) is 55.0 Å². The van der Waals surface area contributed by atoms with Crippen LogP contribution < -0.4 is 9.54 Å². The van der Waals surface area contributed by atoms with Crippen LogP contribution >= 0.6 is 11.3 Å². The Kier molecular flexibility index (Phi) is 7.19. The van der Waals surface area contributed by atoms with Crippen LogP contribution in [0, 0.1) is 0 Å². The van der Waals surface area contributed by atoms with Crippen LogP contribution in [0.2, 0.25) is 0 Å². The number of esters is 2. The topological polar surface area (TPSA) is 96.2 Å². The van der Waals surface area contributed by atoms with Crippen LogP contribution in [0.25, 0.3) is 10.2 Å². The molecular formula is C22H22N2O6S. The highest BCUT2D eigenvalue weighted by molar-refractivity contribution is 7.16. The monoisotopic (exact) mass is 442 g/mol. The molecule has 2 aromatic carbocycles. The Bertz CT molecular complexity index is 1190. The van der Waals surface area contributed by atoms with Crippen LogP contribution in [0.3, 0.4) is 0 Å². The zero-order chi connectivity index (χ0) is 22.4. The van der Waals surface area contributed by atoms with Gasteiger partial charge in [-0.3, -0.25) is 9.59 Å². The molecule has 3 rings (SSSR count). The minimum Gasteiger partial charge on any atom is -0.497 e. The third-order valence-electron chi connectivity index (χ3n) is 4.42. The molecule has 162 valence electrons. The van der Waals surface area contributed by atoms with Gasteiger partial charge in [-0.15, -0.1) is 0 Å². The zero-order valence-electron chi connectivity index (χ0n) is 17.4. The molecule has 0 aliphatic heterocycles. The maximum absolute atomic E-state index is 12.6. The van der Waals surface area contributed by atoms with E-state index in [1.807, 2.05) is 6.07 Å². The number of carbonyl (C=O) groups is 3. The average molecular weight is 442 g/mol. The first-order chi connectivity index (χ1) is 14.9. The maximum Gasteiger partial charge on any atom is 0.338 e. The molecule has 0 aliphatic carbocycles. The Labute approximate surface area is 182 Å². The largest absolute Gasteiger partial charge is 0.497 e. The van der Waals surface area contributed by atoms with Gasteiger partial charge in [0.2, 0.25) is 0 Å². The molecule has 0 unspecified atom stereocenters. The van der Waals surface area contributed by atoms with Gasteiger partial charge in [0.05, 0.1) is 43.0 Å². The molecule has 8 nitrogen and oxygen atoms in total. The van der Waals surface area contributed by atoms with E-state index < -0.39 is 11.9 Å². The van der Waals surface area contributed by atoms with E-state index in [2.05, 4.69) is 4.99 Å². The number of thiazole rings is 1. The molecule has 0 fully saturated rings. The quantitative estimate of drug-likeness (QED) is 0.522. The van der Waals surface area contributed by atoms with Crippen LogP contribution in [-0.2, 0) is 32.0 Å². The third kappa shape index (κ3) is 5.37. The van der Waals surface area contributed by atoms with E-state index in [4.69, 9.17) is 14.2 Å². The normalized spacial score (nSPS) is 11.4. The maximum atomic E-state index is 12.6. The van der Waals surface area contributed by atoms with Gasteiger partial charge in [0.15, 0.2) is 4.80 Å². The van der Waals surface area contributed by atoms with Crippen molar-refractivity contribution >= 4 is 39.4 Å². The van der Waals surface area contributed by atoms with Crippen LogP contribution in [-0.4, -0.2) is 43.2 Å². The third-order valence-corrected chi connectivity index (χ3v) is 5.46. The molecule has 0 N–H and O–H groups in total. The molecule has 1 aromatic heterocycles. The van der Waals surface area contributed by atoms with E-state index in [9.17, 15) is 14.4 Å². The Morgan fingerprint density at radius 1 is 1.10 bits per heavy atom. The number of hydrogen-bond donors (Lipinski definition) is 0. The fourth-order valence-electron chi connectivity index (χ4n) is 2.95. The van der Waals surface area contributed by atoms with E-state index in [1.165, 1.54) is 18.4 Å². The fourth-order valence-corrected chi connectivity index (χ4v) is 4.04. The standard InChI is InChI=1S/C22H22N2O6S/c1-4-30-21(27)15-8-9-17-18(12-15)31-22(24(17)13-20(26)29-3)23-19(25)11-14-6-5-7-16(10-14)28-2/h5-10,12H,4,11,13H2,1-3H3. The smallest absolute Gasteiger partial charge is 0.338 e. The second-order valence-corrected chi connectivity index (χ2v) is 7.49. The summed E-state index contributed by atoms with van der Waals surface area (Å²) in [5.41, 5.74) is 1.81. The van der Waals surface area contributed by atoms with E-state index in [0.29, 0.717) is 26.3 Å². The second-order valence-electron chi connectivity index (χ2n) is 6.48. The van der Waals surface area contributed by atoms with Gasteiger partial charge < -0.3 is 18.8 Å². The van der Waals surface area contributed by atoms with E-state index >= 15 is 0 Å². The summed E-state index contributed by atoms with van der Waals surface area (Å²) >= 11 is 1.21. The molecule has 0 saturated heterocycles. The van der Waals surface area contributed by atoms with Gasteiger partial charge in [0, 0.05) is 0 Å². The van der Waals surface area contributed by atoms with Crippen molar-refractivity contribution in [3.05, 3.63) is 58.4 Å². The van der Waals surface area contributed by atoms with Crippen molar-refractivity contribution < 1.29 is 28.6 Å². The molecular weight excluding hydrogens is 420 g/mol. The number of aromatic nitrogens is 1. The van der Waals surface area contributed by atoms with Crippen molar-refractivity contribution in [1.29, 1.82) is 0 Å². The van der Waals surface area contributed by atoms with Crippen molar-refractivity contribution in [3.8, 4) is 5.75 Å². The van der Waals surface area contributed by atoms with Gasteiger partial charge in [0.25, 0.3) is 5.91 Å². The average Bonchev–Trinajstić information content (AvgIpc) is 3.09. The first-order valence-electron chi connectivity index (χ1n) is 9.53. The van der Waals surface area contributed by atoms with Crippen molar-refractivity contribution in [1.82, 2.24) is 4.57 Å². The molecule has 0 aliphatic rings. The van der Waals surface area contributed by atoms with Gasteiger partial charge in [-0.05, 0) is 42.8 Å². The summed E-state index contributed by atoms with van der Waals surface area (Å²) in [6.45, 7) is 1.89. The lowest BCUT2D eigenvalue weighted by atomic mass is 10.1. The second kappa shape index (κ2) is 10.0. The van der Waals surface area contributed by atoms with Gasteiger partial charge in [0.1, 0.15) is 12.3 Å². The SMILES string of the molecule is CCOC(=O)c1ccc2c(c1)sc(=NC(=O)Cc1cccc(OC)c1)n2CC(=O)OC. The van der Waals surface area contributed by atoms with Crippen LogP contribution in [0.1, 0.15) is 22.8 Å². The van der Waals surface area contributed by atoms with Crippen molar-refractivity contribution in [2.75, 3.05) is 20.8 Å². The number of ether oxygens (including phenoxy) is 3. The highest BCUT2D eigenvalue weighted by Crippen LogP contribution is 2.20. The molecule has 31 heavy (non-hydrogen) atoms. The predicted octanol–water partition coefficient (Wildman–Crippen LogP) is 2.73. The summed E-state index contributed by atoms with van der Waals surface area (Å²) < 4.78 is 17.3. The lowest BCUT2D eigenvalue weighted by Crippen LogP contribution is -2.22. The number of benzene rings is 2. The number of nitrogens with zero attached hydrogens (tertiary/aromatic N) is 2. The molecule has 1 amide bonds. The minimum absolute atomic E-state index is 0.0811. The summed E-state index contributed by atoms with van der Waals surface area (Å²) in [5, 5.41) is 0. The van der Waals surface area contributed by atoms with Crippen LogP contribution in [0.5, 0.6) is 5.75 Å². The number of methoxy groups -OCH3 is 2. The fraction of sp³-hybridized carbons (Fsp3) is 0.273. The van der Waals surface area contributed by atoms with Crippen LogP contribution in [0.4, 0.5) is 0 Å². The Hall–Kier alpha value is -3.46. The Morgan fingerprint density at radius 2 is 1.90 bits per heavy atom. The van der Waals surface area contributed by atoms with Crippen molar-refractivity contribution in [2.45, 2.75) is 19.9 Å². The molecule has 0 bridgehead atoms. The van der Waals surface area contributed by atoms with Crippen molar-refractivity contribution in [3.63, 3.8) is 0 Å². The zero-order valence-corrected chi connectivity index (χ0v) is 18.2. The van der Waals surface area contributed by atoms with E-state index in [-0.39, 0.29) is 25.5 Å². The number of rotatable bonds is 7. The lowest BCUT2D eigenvalue weighted by molar-refractivity contribution is -0.141. The van der Waals surface area contributed by atoms with Crippen LogP contribution in [0.15, 0.2) is 47.5 Å². The summed E-state index contributed by atoms with van der Waals surface area (Å²) in [5.74, 6) is -0.635. The summed E-state index contributed by atoms with van der Waals surface area (Å²) in [6, 6.07) is 12.2. The Balaban J connectivity index is 2.01. The molecule has 0 spiro atoms. The molecule has 0 atom stereocenters. The summed E-state index contributed by atoms with van der Waals surface area (Å²) in [7, 11) is 2.85. The number of fused-ring (bicyclic) bond motifs is 1. The van der Waals surface area contributed by atoms with Gasteiger partial charge in [-0.2, -0.15) is 4.99 Å². The van der Waals surface area contributed by atoms with E-state index in [0.717, 1.165) is 5.56 Å². The van der Waals surface area contributed by atoms with Crippen molar-refractivity contribution in [2.24, 2.45) is 4.99 Å².